The first-order valence-corrected chi connectivity index (χ1v) is 5.26. The van der Waals surface area contributed by atoms with Crippen LogP contribution in [0.15, 0.2) is 0 Å². The maximum Gasteiger partial charge on any atom is 0.323 e. The number of aliphatic hydroxyl groups excluding tert-OH is 1. The Morgan fingerprint density at radius 1 is 1.60 bits per heavy atom. The van der Waals surface area contributed by atoms with E-state index in [0.717, 1.165) is 0 Å². The third-order valence-corrected chi connectivity index (χ3v) is 2.58. The second kappa shape index (κ2) is 6.05. The van der Waals surface area contributed by atoms with Crippen molar-refractivity contribution >= 4 is 5.97 Å². The van der Waals surface area contributed by atoms with Crippen LogP contribution in [-0.2, 0) is 14.3 Å². The molecule has 1 aliphatic heterocycles. The average molecular weight is 217 g/mol. The second-order valence-corrected chi connectivity index (χ2v) is 3.62. The van der Waals surface area contributed by atoms with Gasteiger partial charge in [0.2, 0.25) is 0 Å². The summed E-state index contributed by atoms with van der Waals surface area (Å²) in [5.74, 6) is -0.275. The van der Waals surface area contributed by atoms with Crippen molar-refractivity contribution in [2.75, 3.05) is 33.4 Å². The van der Waals surface area contributed by atoms with Crippen LogP contribution in [0.4, 0.5) is 0 Å². The quantitative estimate of drug-likeness (QED) is 0.503. The van der Waals surface area contributed by atoms with Gasteiger partial charge in [0.15, 0.2) is 0 Å². The van der Waals surface area contributed by atoms with Gasteiger partial charge in [0.25, 0.3) is 0 Å². The molecule has 1 saturated heterocycles. The molecule has 5 heteroatoms. The summed E-state index contributed by atoms with van der Waals surface area (Å²) >= 11 is 0. The van der Waals surface area contributed by atoms with Crippen molar-refractivity contribution in [1.29, 1.82) is 0 Å². The SMILES string of the molecule is CCOCCN1CC(O)CC1C(=O)OC. The highest BCUT2D eigenvalue weighted by molar-refractivity contribution is 5.76. The molecule has 0 aliphatic carbocycles. The van der Waals surface area contributed by atoms with Gasteiger partial charge >= 0.3 is 5.97 Å². The lowest BCUT2D eigenvalue weighted by atomic mass is 10.2. The predicted molar refractivity (Wildman–Crippen MR) is 54.5 cm³/mol. The van der Waals surface area contributed by atoms with Gasteiger partial charge in [-0.1, -0.05) is 0 Å². The predicted octanol–water partition coefficient (Wildman–Crippen LogP) is -0.369. The fourth-order valence-electron chi connectivity index (χ4n) is 1.83. The van der Waals surface area contributed by atoms with Gasteiger partial charge < -0.3 is 14.6 Å². The Morgan fingerprint density at radius 2 is 2.33 bits per heavy atom. The van der Waals surface area contributed by atoms with Crippen molar-refractivity contribution in [2.24, 2.45) is 0 Å². The van der Waals surface area contributed by atoms with Crippen molar-refractivity contribution < 1.29 is 19.4 Å². The topological polar surface area (TPSA) is 59.0 Å². The molecule has 2 unspecified atom stereocenters. The Kier molecular flexibility index (Phi) is 5.01. The van der Waals surface area contributed by atoms with Crippen molar-refractivity contribution in [2.45, 2.75) is 25.5 Å². The smallest absolute Gasteiger partial charge is 0.323 e. The van der Waals surface area contributed by atoms with Crippen molar-refractivity contribution in [1.82, 2.24) is 4.90 Å². The number of carbonyl (C=O) groups is 1. The molecule has 0 spiro atoms. The summed E-state index contributed by atoms with van der Waals surface area (Å²) < 4.78 is 9.90. The van der Waals surface area contributed by atoms with E-state index >= 15 is 0 Å². The van der Waals surface area contributed by atoms with E-state index < -0.39 is 6.10 Å². The molecule has 0 amide bonds. The molecular weight excluding hydrogens is 198 g/mol. The molecule has 1 heterocycles. The lowest BCUT2D eigenvalue weighted by Crippen LogP contribution is -2.38. The number of nitrogens with zero attached hydrogens (tertiary/aromatic N) is 1. The van der Waals surface area contributed by atoms with Crippen LogP contribution < -0.4 is 0 Å². The van der Waals surface area contributed by atoms with Gasteiger partial charge in [0, 0.05) is 26.1 Å². The van der Waals surface area contributed by atoms with Gasteiger partial charge in [0.1, 0.15) is 6.04 Å². The average Bonchev–Trinajstić information content (AvgIpc) is 2.59. The van der Waals surface area contributed by atoms with E-state index in [1.807, 2.05) is 11.8 Å². The number of rotatable bonds is 5. The van der Waals surface area contributed by atoms with Gasteiger partial charge in [-0.15, -0.1) is 0 Å². The molecule has 2 atom stereocenters. The zero-order chi connectivity index (χ0) is 11.3. The number of esters is 1. The molecule has 1 fully saturated rings. The third kappa shape index (κ3) is 3.44. The highest BCUT2D eigenvalue weighted by Gasteiger charge is 2.36. The maximum absolute atomic E-state index is 11.4. The van der Waals surface area contributed by atoms with Crippen LogP contribution in [0.25, 0.3) is 0 Å². The Balaban J connectivity index is 2.42. The number of hydrogen-bond donors (Lipinski definition) is 1. The third-order valence-electron chi connectivity index (χ3n) is 2.58. The molecule has 0 aromatic rings. The molecule has 1 N–H and O–H groups in total. The van der Waals surface area contributed by atoms with Crippen LogP contribution >= 0.6 is 0 Å². The Hall–Kier alpha value is -0.650. The molecule has 0 saturated carbocycles. The minimum atomic E-state index is -0.435. The van der Waals surface area contributed by atoms with Gasteiger partial charge in [-0.2, -0.15) is 0 Å². The summed E-state index contributed by atoms with van der Waals surface area (Å²) in [7, 11) is 1.37. The second-order valence-electron chi connectivity index (χ2n) is 3.62. The summed E-state index contributed by atoms with van der Waals surface area (Å²) in [5, 5.41) is 9.48. The van der Waals surface area contributed by atoms with Crippen molar-refractivity contribution in [3.63, 3.8) is 0 Å². The first-order chi connectivity index (χ1) is 7.19. The lowest BCUT2D eigenvalue weighted by molar-refractivity contribution is -0.146. The summed E-state index contributed by atoms with van der Waals surface area (Å²) in [5.41, 5.74) is 0. The van der Waals surface area contributed by atoms with E-state index in [4.69, 9.17) is 4.74 Å². The summed E-state index contributed by atoms with van der Waals surface area (Å²) in [6.45, 7) is 4.35. The van der Waals surface area contributed by atoms with E-state index in [1.165, 1.54) is 7.11 Å². The highest BCUT2D eigenvalue weighted by atomic mass is 16.5. The molecule has 0 aromatic heterocycles. The molecule has 0 aromatic carbocycles. The van der Waals surface area contributed by atoms with Gasteiger partial charge in [0.05, 0.1) is 19.8 Å². The number of carbonyl (C=O) groups excluding carboxylic acids is 1. The van der Waals surface area contributed by atoms with Crippen LogP contribution in [-0.4, -0.2) is 61.5 Å². The number of β-amino-alcohol motifs (C(OH)–C–C–N with tert-alkyl or cyclic N) is 1. The van der Waals surface area contributed by atoms with Crippen molar-refractivity contribution in [3.05, 3.63) is 0 Å². The fourth-order valence-corrected chi connectivity index (χ4v) is 1.83. The Labute approximate surface area is 90.0 Å². The van der Waals surface area contributed by atoms with Crippen LogP contribution in [0.3, 0.4) is 0 Å². The first kappa shape index (κ1) is 12.4. The van der Waals surface area contributed by atoms with E-state index in [-0.39, 0.29) is 12.0 Å². The maximum atomic E-state index is 11.4. The van der Waals surface area contributed by atoms with Crippen LogP contribution in [0, 0.1) is 0 Å². The zero-order valence-electron chi connectivity index (χ0n) is 9.31. The lowest BCUT2D eigenvalue weighted by Gasteiger charge is -2.21. The number of hydrogen-bond acceptors (Lipinski definition) is 5. The number of aliphatic hydroxyl groups is 1. The summed E-state index contributed by atoms with van der Waals surface area (Å²) in [4.78, 5) is 13.3. The van der Waals surface area contributed by atoms with Crippen LogP contribution in [0.5, 0.6) is 0 Å². The minimum Gasteiger partial charge on any atom is -0.468 e. The van der Waals surface area contributed by atoms with Gasteiger partial charge in [-0.25, -0.2) is 0 Å². The molecule has 1 rings (SSSR count). The summed E-state index contributed by atoms with van der Waals surface area (Å²) in [6, 6.07) is -0.314. The number of likely N-dealkylation sites (tertiary alicyclic amines) is 1. The molecule has 0 bridgehead atoms. The monoisotopic (exact) mass is 217 g/mol. The van der Waals surface area contributed by atoms with Crippen LogP contribution in [0.1, 0.15) is 13.3 Å². The zero-order valence-corrected chi connectivity index (χ0v) is 9.31. The van der Waals surface area contributed by atoms with Crippen LogP contribution in [0.2, 0.25) is 0 Å². The largest absolute Gasteiger partial charge is 0.468 e. The molecule has 88 valence electrons. The first-order valence-electron chi connectivity index (χ1n) is 5.26. The van der Waals surface area contributed by atoms with Crippen molar-refractivity contribution in [3.8, 4) is 0 Å². The fraction of sp³-hybridized carbons (Fsp3) is 0.900. The van der Waals surface area contributed by atoms with E-state index in [1.54, 1.807) is 0 Å². The van der Waals surface area contributed by atoms with E-state index in [9.17, 15) is 9.90 Å². The standard InChI is InChI=1S/C10H19NO4/c1-3-15-5-4-11-7-8(12)6-9(11)10(13)14-2/h8-9,12H,3-7H2,1-2H3. The van der Waals surface area contributed by atoms with Gasteiger partial charge in [-0.05, 0) is 6.92 Å². The number of methoxy groups -OCH3 is 1. The molecule has 15 heavy (non-hydrogen) atoms. The Bertz CT molecular complexity index is 210. The van der Waals surface area contributed by atoms with Gasteiger partial charge in [-0.3, -0.25) is 9.69 Å². The Morgan fingerprint density at radius 3 is 2.93 bits per heavy atom. The van der Waals surface area contributed by atoms with E-state index in [0.29, 0.717) is 32.7 Å². The molecule has 0 radical (unpaired) electrons. The highest BCUT2D eigenvalue weighted by Crippen LogP contribution is 2.18. The normalized spacial score (nSPS) is 26.9. The number of ether oxygens (including phenoxy) is 2. The minimum absolute atomic E-state index is 0.275. The molecule has 1 aliphatic rings. The molecule has 5 nitrogen and oxygen atoms in total. The van der Waals surface area contributed by atoms with E-state index in [2.05, 4.69) is 4.74 Å². The summed E-state index contributed by atoms with van der Waals surface area (Å²) in [6.07, 6.45) is 0.0226. The molecular formula is C10H19NO4.